The minimum absolute atomic E-state index is 0.603. The number of aromatic nitrogens is 4. The van der Waals surface area contributed by atoms with E-state index in [1.165, 1.54) is 10.9 Å². The van der Waals surface area contributed by atoms with E-state index in [-0.39, 0.29) is 0 Å². The van der Waals surface area contributed by atoms with E-state index in [0.29, 0.717) is 17.5 Å². The topological polar surface area (TPSA) is 56.7 Å². The van der Waals surface area contributed by atoms with E-state index in [1.807, 2.05) is 66.7 Å². The van der Waals surface area contributed by atoms with Crippen LogP contribution in [0.3, 0.4) is 0 Å². The van der Waals surface area contributed by atoms with E-state index in [9.17, 15) is 0 Å². The summed E-state index contributed by atoms with van der Waals surface area (Å²) in [6, 6.07) is 49.8. The van der Waals surface area contributed by atoms with Gasteiger partial charge in [0.25, 0.3) is 0 Å². The molecule has 6 aromatic carbocycles. The number of furan rings is 1. The fourth-order valence-corrected chi connectivity index (χ4v) is 6.17. The van der Waals surface area contributed by atoms with Crippen LogP contribution in [0, 0.1) is 0 Å². The molecule has 5 nitrogen and oxygen atoms in total. The highest BCUT2D eigenvalue weighted by Crippen LogP contribution is 2.39. The zero-order chi connectivity index (χ0) is 29.0. The summed E-state index contributed by atoms with van der Waals surface area (Å²) >= 11 is 0. The molecule has 0 saturated heterocycles. The van der Waals surface area contributed by atoms with E-state index < -0.39 is 0 Å². The van der Waals surface area contributed by atoms with Crippen LogP contribution in [0.1, 0.15) is 0 Å². The predicted molar refractivity (Wildman–Crippen MR) is 178 cm³/mol. The SMILES string of the molecule is c1ccc(-c2nc(-c3ccccc3)nc(-c3ccc4c(c3)oc3cc5c6ccccc6n(-c6ccccc6)c5cc34)n2)cc1. The fourth-order valence-electron chi connectivity index (χ4n) is 6.17. The van der Waals surface area contributed by atoms with Crippen LogP contribution < -0.4 is 0 Å². The first-order valence-electron chi connectivity index (χ1n) is 14.6. The highest BCUT2D eigenvalue weighted by Gasteiger charge is 2.18. The molecule has 5 heteroatoms. The zero-order valence-electron chi connectivity index (χ0n) is 23.6. The lowest BCUT2D eigenvalue weighted by Gasteiger charge is -2.08. The van der Waals surface area contributed by atoms with Gasteiger partial charge in [-0.3, -0.25) is 0 Å². The van der Waals surface area contributed by atoms with Gasteiger partial charge in [-0.25, -0.2) is 15.0 Å². The zero-order valence-corrected chi connectivity index (χ0v) is 23.6. The van der Waals surface area contributed by atoms with Crippen molar-refractivity contribution in [2.24, 2.45) is 0 Å². The van der Waals surface area contributed by atoms with Crippen molar-refractivity contribution in [3.63, 3.8) is 0 Å². The first-order chi connectivity index (χ1) is 21.8. The Morgan fingerprint density at radius 2 is 0.955 bits per heavy atom. The molecule has 0 spiro atoms. The van der Waals surface area contributed by atoms with Crippen LogP contribution >= 0.6 is 0 Å². The quantitative estimate of drug-likeness (QED) is 0.213. The molecule has 44 heavy (non-hydrogen) atoms. The normalized spacial score (nSPS) is 11.6. The van der Waals surface area contributed by atoms with Crippen molar-refractivity contribution in [2.45, 2.75) is 0 Å². The molecule has 0 aliphatic carbocycles. The van der Waals surface area contributed by atoms with Crippen molar-refractivity contribution in [3.8, 4) is 39.9 Å². The van der Waals surface area contributed by atoms with Crippen LogP contribution in [0.5, 0.6) is 0 Å². The summed E-state index contributed by atoms with van der Waals surface area (Å²) in [5, 5.41) is 4.48. The van der Waals surface area contributed by atoms with Gasteiger partial charge in [0, 0.05) is 43.9 Å². The predicted octanol–water partition coefficient (Wildman–Crippen LogP) is 9.87. The average Bonchev–Trinajstić information content (AvgIpc) is 3.62. The van der Waals surface area contributed by atoms with E-state index in [0.717, 1.165) is 55.2 Å². The minimum Gasteiger partial charge on any atom is -0.456 e. The highest BCUT2D eigenvalue weighted by atomic mass is 16.3. The molecule has 3 aromatic heterocycles. The lowest BCUT2D eigenvalue weighted by Crippen LogP contribution is -2.00. The van der Waals surface area contributed by atoms with E-state index >= 15 is 0 Å². The second-order valence-electron chi connectivity index (χ2n) is 10.9. The molecule has 0 amide bonds. The summed E-state index contributed by atoms with van der Waals surface area (Å²) in [5.41, 5.74) is 7.85. The third-order valence-corrected chi connectivity index (χ3v) is 8.24. The summed E-state index contributed by atoms with van der Waals surface area (Å²) in [4.78, 5) is 14.6. The van der Waals surface area contributed by atoms with Crippen molar-refractivity contribution in [1.29, 1.82) is 0 Å². The summed E-state index contributed by atoms with van der Waals surface area (Å²) in [5.74, 6) is 1.87. The van der Waals surface area contributed by atoms with Crippen molar-refractivity contribution in [3.05, 3.63) is 146 Å². The Morgan fingerprint density at radius 1 is 0.386 bits per heavy atom. The van der Waals surface area contributed by atoms with Gasteiger partial charge < -0.3 is 8.98 Å². The summed E-state index contributed by atoms with van der Waals surface area (Å²) in [6.07, 6.45) is 0. The number of nitrogens with zero attached hydrogens (tertiary/aromatic N) is 4. The molecule has 0 saturated carbocycles. The van der Waals surface area contributed by atoms with E-state index in [1.54, 1.807) is 0 Å². The maximum atomic E-state index is 6.54. The third kappa shape index (κ3) is 3.91. The Hall–Kier alpha value is -6.07. The Kier molecular flexibility index (Phi) is 5.43. The Bertz CT molecular complexity index is 2420. The number of para-hydroxylation sites is 2. The van der Waals surface area contributed by atoms with Gasteiger partial charge in [-0.1, -0.05) is 103 Å². The number of benzene rings is 6. The smallest absolute Gasteiger partial charge is 0.164 e. The Morgan fingerprint density at radius 3 is 1.64 bits per heavy atom. The van der Waals surface area contributed by atoms with Gasteiger partial charge in [-0.15, -0.1) is 0 Å². The summed E-state index contributed by atoms with van der Waals surface area (Å²) in [7, 11) is 0. The van der Waals surface area contributed by atoms with Gasteiger partial charge >= 0.3 is 0 Å². The first-order valence-corrected chi connectivity index (χ1v) is 14.6. The van der Waals surface area contributed by atoms with Crippen molar-refractivity contribution >= 4 is 43.7 Å². The van der Waals surface area contributed by atoms with Crippen LogP contribution in [-0.4, -0.2) is 19.5 Å². The molecular formula is C39H24N4O. The van der Waals surface area contributed by atoms with E-state index in [4.69, 9.17) is 19.4 Å². The van der Waals surface area contributed by atoms with Crippen molar-refractivity contribution < 1.29 is 4.42 Å². The molecule has 3 heterocycles. The second-order valence-corrected chi connectivity index (χ2v) is 10.9. The molecule has 9 aromatic rings. The van der Waals surface area contributed by atoms with Gasteiger partial charge in [0.05, 0.1) is 11.0 Å². The van der Waals surface area contributed by atoms with Gasteiger partial charge in [0.15, 0.2) is 17.5 Å². The van der Waals surface area contributed by atoms with Crippen molar-refractivity contribution in [2.75, 3.05) is 0 Å². The number of hydrogen-bond acceptors (Lipinski definition) is 4. The van der Waals surface area contributed by atoms with Gasteiger partial charge in [0.1, 0.15) is 11.2 Å². The standard InChI is InChI=1S/C39H24N4O/c1-4-12-25(13-5-1)37-40-38(26-14-6-2-7-15-26)42-39(41-37)27-20-21-30-32-23-34-31(24-36(32)44-35(30)22-27)29-18-10-11-19-33(29)43(34)28-16-8-3-9-17-28/h1-24H. The molecule has 0 radical (unpaired) electrons. The van der Waals surface area contributed by atoms with Crippen LogP contribution in [0.25, 0.3) is 83.6 Å². The molecule has 0 unspecified atom stereocenters. The summed E-state index contributed by atoms with van der Waals surface area (Å²) < 4.78 is 8.87. The molecule has 0 fully saturated rings. The first kappa shape index (κ1) is 24.5. The molecule has 0 atom stereocenters. The molecule has 0 bridgehead atoms. The lowest BCUT2D eigenvalue weighted by molar-refractivity contribution is 0.669. The molecule has 206 valence electrons. The average molecular weight is 565 g/mol. The Balaban J connectivity index is 1.24. The molecular weight excluding hydrogens is 540 g/mol. The largest absolute Gasteiger partial charge is 0.456 e. The molecule has 9 rings (SSSR count). The van der Waals surface area contributed by atoms with Crippen molar-refractivity contribution in [1.82, 2.24) is 19.5 Å². The van der Waals surface area contributed by atoms with Crippen LogP contribution in [0.2, 0.25) is 0 Å². The number of hydrogen-bond donors (Lipinski definition) is 0. The Labute approximate surface area is 252 Å². The number of fused-ring (bicyclic) bond motifs is 6. The fraction of sp³-hybridized carbons (Fsp3) is 0. The molecule has 0 aliphatic rings. The van der Waals surface area contributed by atoms with Crippen LogP contribution in [-0.2, 0) is 0 Å². The van der Waals surface area contributed by atoms with Gasteiger partial charge in [-0.05, 0) is 42.5 Å². The van der Waals surface area contributed by atoms with Crippen LogP contribution in [0.15, 0.2) is 150 Å². The lowest BCUT2D eigenvalue weighted by atomic mass is 10.1. The molecule has 0 aliphatic heterocycles. The maximum Gasteiger partial charge on any atom is 0.164 e. The maximum absolute atomic E-state index is 6.54. The third-order valence-electron chi connectivity index (χ3n) is 8.24. The summed E-state index contributed by atoms with van der Waals surface area (Å²) in [6.45, 7) is 0. The highest BCUT2D eigenvalue weighted by molar-refractivity contribution is 6.17. The monoisotopic (exact) mass is 564 g/mol. The second kappa shape index (κ2) is 9.75. The minimum atomic E-state index is 0.603. The van der Waals surface area contributed by atoms with Gasteiger partial charge in [-0.2, -0.15) is 0 Å². The van der Waals surface area contributed by atoms with Gasteiger partial charge in [0.2, 0.25) is 0 Å². The number of rotatable bonds is 4. The molecule has 0 N–H and O–H groups in total. The van der Waals surface area contributed by atoms with Crippen LogP contribution in [0.4, 0.5) is 0 Å². The van der Waals surface area contributed by atoms with E-state index in [2.05, 4.69) is 83.4 Å².